The Morgan fingerprint density at radius 3 is 2.32 bits per heavy atom. The number of aryl methyl sites for hydroxylation is 1. The molecular formula is C33H24Cl2F7N7O3S. The summed E-state index contributed by atoms with van der Waals surface area (Å²) in [6.45, 7) is -1.09. The fourth-order valence-corrected chi connectivity index (χ4v) is 7.81. The molecule has 7 rings (SSSR count). The number of alkyl halides is 5. The van der Waals surface area contributed by atoms with Gasteiger partial charge in [0.2, 0.25) is 15.9 Å². The molecule has 2 aliphatic carbocycles. The fraction of sp³-hybridized carbons (Fsp3) is 0.273. The maximum absolute atomic E-state index is 15.4. The summed E-state index contributed by atoms with van der Waals surface area (Å²) in [5.74, 6) is -9.65. The van der Waals surface area contributed by atoms with Crippen LogP contribution in [0, 0.1) is 17.6 Å². The number of hydrogen-bond donors (Lipinski definition) is 2. The van der Waals surface area contributed by atoms with Crippen molar-refractivity contribution in [3.8, 4) is 11.1 Å². The minimum absolute atomic E-state index is 0.00970. The first kappa shape index (κ1) is 36.7. The molecule has 0 spiro atoms. The Hall–Kier alpha value is -4.68. The van der Waals surface area contributed by atoms with Crippen LogP contribution in [0.1, 0.15) is 40.2 Å². The molecule has 53 heavy (non-hydrogen) atoms. The lowest BCUT2D eigenvalue weighted by molar-refractivity contribution is -0.142. The SMILES string of the molecule is Cn1nc(NS(C)(=O)=O)c2c(Cl)ccc(-c3ccc(Cl)nc3[C@H](Cc3cc(F)cc(F)c3)NC(=O)Cn3nc(C(F)(F)F)c4c3C(F)(F)[C@@H]3C=C[C@H]43)c21. The van der Waals surface area contributed by atoms with Gasteiger partial charge in [0.1, 0.15) is 29.0 Å². The maximum Gasteiger partial charge on any atom is 0.435 e. The second kappa shape index (κ2) is 12.7. The molecular weight excluding hydrogens is 778 g/mol. The Morgan fingerprint density at radius 1 is 1.02 bits per heavy atom. The lowest BCUT2D eigenvalue weighted by Crippen LogP contribution is -2.36. The highest BCUT2D eigenvalue weighted by atomic mass is 35.5. The number of nitrogens with zero attached hydrogens (tertiary/aromatic N) is 5. The maximum atomic E-state index is 15.4. The van der Waals surface area contributed by atoms with E-state index in [1.807, 2.05) is 0 Å². The number of sulfonamides is 1. The zero-order valence-corrected chi connectivity index (χ0v) is 29.4. The van der Waals surface area contributed by atoms with Crippen molar-refractivity contribution in [2.45, 2.75) is 37.0 Å². The standard InChI is InChI=1S/C33H24Cl2F7N7O3S/c1-48-28-18(4-7-21(34)26(28)31(46-48)47-53(2,51)52)17-5-8-23(35)44-27(17)22(11-14-9-15(36)12-16(37)10-14)43-24(50)13-49-30-25(29(45-49)33(40,41)42)19-3-6-20(19)32(30,38)39/h3-10,12,19-20,22H,11,13H2,1-2H3,(H,43,50)(H,46,47)/t19-,20+,22-/m0/s1. The molecule has 1 amide bonds. The lowest BCUT2D eigenvalue weighted by atomic mass is 9.81. The second-order valence-electron chi connectivity index (χ2n) is 12.7. The van der Waals surface area contributed by atoms with Crippen molar-refractivity contribution >= 4 is 55.9 Å². The predicted octanol–water partition coefficient (Wildman–Crippen LogP) is 7.28. The number of hydrogen-bond acceptors (Lipinski definition) is 6. The number of nitrogens with one attached hydrogen (secondary N) is 2. The van der Waals surface area contributed by atoms with E-state index in [1.54, 1.807) is 6.07 Å². The molecule has 3 atom stereocenters. The van der Waals surface area contributed by atoms with E-state index in [1.165, 1.54) is 36.0 Å². The third-order valence-electron chi connectivity index (χ3n) is 8.96. The number of allylic oxidation sites excluding steroid dienone is 2. The van der Waals surface area contributed by atoms with E-state index in [0.29, 0.717) is 16.3 Å². The van der Waals surface area contributed by atoms with E-state index in [2.05, 4.69) is 25.2 Å². The highest BCUT2D eigenvalue weighted by Crippen LogP contribution is 2.60. The number of carbonyl (C=O) groups is 1. The van der Waals surface area contributed by atoms with Crippen LogP contribution >= 0.6 is 23.2 Å². The van der Waals surface area contributed by atoms with Crippen LogP contribution in [-0.2, 0) is 46.9 Å². The molecule has 5 aromatic rings. The zero-order valence-electron chi connectivity index (χ0n) is 27.1. The molecule has 0 fully saturated rings. The minimum atomic E-state index is -5.10. The lowest BCUT2D eigenvalue weighted by Gasteiger charge is -2.27. The number of amides is 1. The molecule has 0 aliphatic heterocycles. The third kappa shape index (κ3) is 6.60. The summed E-state index contributed by atoms with van der Waals surface area (Å²) >= 11 is 12.8. The van der Waals surface area contributed by atoms with Gasteiger partial charge in [-0.2, -0.15) is 32.1 Å². The number of anilines is 1. The number of halogens is 9. The quantitative estimate of drug-likeness (QED) is 0.0918. The van der Waals surface area contributed by atoms with E-state index >= 15 is 8.78 Å². The summed E-state index contributed by atoms with van der Waals surface area (Å²) in [5, 5.41) is 10.4. The van der Waals surface area contributed by atoms with E-state index in [4.69, 9.17) is 23.2 Å². The van der Waals surface area contributed by atoms with Gasteiger partial charge in [0.15, 0.2) is 11.5 Å². The number of pyridine rings is 1. The summed E-state index contributed by atoms with van der Waals surface area (Å²) in [7, 11) is -2.32. The van der Waals surface area contributed by atoms with E-state index in [-0.39, 0.29) is 50.1 Å². The minimum Gasteiger partial charge on any atom is -0.346 e. The van der Waals surface area contributed by atoms with Gasteiger partial charge in [-0.05, 0) is 42.3 Å². The molecule has 10 nitrogen and oxygen atoms in total. The van der Waals surface area contributed by atoms with Crippen LogP contribution in [0.15, 0.2) is 54.6 Å². The van der Waals surface area contributed by atoms with Crippen molar-refractivity contribution in [3.63, 3.8) is 0 Å². The van der Waals surface area contributed by atoms with Crippen LogP contribution in [0.5, 0.6) is 0 Å². The molecule has 0 saturated carbocycles. The third-order valence-corrected chi connectivity index (χ3v) is 10.0. The number of carbonyl (C=O) groups excluding carboxylic acids is 1. The molecule has 0 bridgehead atoms. The van der Waals surface area contributed by atoms with Crippen molar-refractivity contribution in [3.05, 3.63) is 105 Å². The predicted molar refractivity (Wildman–Crippen MR) is 180 cm³/mol. The van der Waals surface area contributed by atoms with Gasteiger partial charge >= 0.3 is 6.18 Å². The molecule has 3 heterocycles. The van der Waals surface area contributed by atoms with Crippen LogP contribution in [0.3, 0.4) is 0 Å². The summed E-state index contributed by atoms with van der Waals surface area (Å²) in [6, 6.07) is 7.11. The average molecular weight is 803 g/mol. The van der Waals surface area contributed by atoms with E-state index < -0.39 is 81.0 Å². The average Bonchev–Trinajstić information content (AvgIpc) is 3.57. The van der Waals surface area contributed by atoms with Crippen LogP contribution in [0.2, 0.25) is 10.2 Å². The van der Waals surface area contributed by atoms with E-state index in [0.717, 1.165) is 24.5 Å². The zero-order chi connectivity index (χ0) is 38.4. The highest BCUT2D eigenvalue weighted by Gasteiger charge is 2.61. The van der Waals surface area contributed by atoms with Gasteiger partial charge in [-0.15, -0.1) is 0 Å². The summed E-state index contributed by atoms with van der Waals surface area (Å²) in [6.07, 6.45) is -2.23. The van der Waals surface area contributed by atoms with Crippen LogP contribution in [0.25, 0.3) is 22.0 Å². The van der Waals surface area contributed by atoms with Crippen LogP contribution in [0.4, 0.5) is 36.6 Å². The van der Waals surface area contributed by atoms with E-state index in [9.17, 15) is 35.2 Å². The van der Waals surface area contributed by atoms with Gasteiger partial charge in [0.05, 0.1) is 39.8 Å². The largest absolute Gasteiger partial charge is 0.435 e. The molecule has 2 N–H and O–H groups in total. The fourth-order valence-electron chi connectivity index (χ4n) is 6.92. The first-order valence-electron chi connectivity index (χ1n) is 15.5. The number of aromatic nitrogens is 5. The first-order valence-corrected chi connectivity index (χ1v) is 18.2. The molecule has 278 valence electrons. The second-order valence-corrected chi connectivity index (χ2v) is 15.2. The molecule has 3 aromatic heterocycles. The van der Waals surface area contributed by atoms with Crippen molar-refractivity contribution in [2.24, 2.45) is 13.0 Å². The summed E-state index contributed by atoms with van der Waals surface area (Å²) in [5.41, 5.74) is -2.44. The molecule has 0 radical (unpaired) electrons. The van der Waals surface area contributed by atoms with Crippen molar-refractivity contribution < 1.29 is 43.9 Å². The van der Waals surface area contributed by atoms with Gasteiger partial charge < -0.3 is 5.32 Å². The van der Waals surface area contributed by atoms with Crippen molar-refractivity contribution in [1.29, 1.82) is 0 Å². The smallest absolute Gasteiger partial charge is 0.346 e. The van der Waals surface area contributed by atoms with Gasteiger partial charge in [-0.25, -0.2) is 22.2 Å². The number of benzene rings is 2. The highest BCUT2D eigenvalue weighted by molar-refractivity contribution is 7.92. The van der Waals surface area contributed by atoms with Gasteiger partial charge in [0.25, 0.3) is 5.92 Å². The number of fused-ring (bicyclic) bond motifs is 4. The molecule has 0 saturated heterocycles. The Kier molecular flexibility index (Phi) is 8.80. The number of rotatable bonds is 9. The van der Waals surface area contributed by atoms with Gasteiger partial charge in [-0.1, -0.05) is 41.4 Å². The van der Waals surface area contributed by atoms with Gasteiger partial charge in [0, 0.05) is 35.7 Å². The van der Waals surface area contributed by atoms with Crippen molar-refractivity contribution in [1.82, 2.24) is 29.9 Å². The Morgan fingerprint density at radius 2 is 1.70 bits per heavy atom. The topological polar surface area (TPSA) is 124 Å². The molecule has 2 aromatic carbocycles. The monoisotopic (exact) mass is 801 g/mol. The van der Waals surface area contributed by atoms with Crippen molar-refractivity contribution in [2.75, 3.05) is 11.0 Å². The van der Waals surface area contributed by atoms with Gasteiger partial charge in [-0.3, -0.25) is 18.9 Å². The van der Waals surface area contributed by atoms with Crippen LogP contribution < -0.4 is 10.0 Å². The normalized spacial score (nSPS) is 18.1. The Bertz CT molecular complexity index is 2460. The summed E-state index contributed by atoms with van der Waals surface area (Å²) in [4.78, 5) is 18.1. The summed E-state index contributed by atoms with van der Waals surface area (Å²) < 4.78 is 130. The Labute approximate surface area is 305 Å². The first-order chi connectivity index (χ1) is 24.7. The molecule has 20 heteroatoms. The molecule has 2 aliphatic rings. The molecule has 0 unspecified atom stereocenters. The van der Waals surface area contributed by atoms with Crippen LogP contribution in [-0.4, -0.2) is 45.1 Å². The Balaban J connectivity index is 1.34.